The second-order valence-corrected chi connectivity index (χ2v) is 4.97. The van der Waals surface area contributed by atoms with Crippen molar-refractivity contribution in [3.8, 4) is 0 Å². The van der Waals surface area contributed by atoms with Crippen LogP contribution in [0.1, 0.15) is 38.3 Å². The summed E-state index contributed by atoms with van der Waals surface area (Å²) in [4.78, 5) is 0. The zero-order valence-electron chi connectivity index (χ0n) is 10.6. The maximum atomic E-state index is 3.54. The van der Waals surface area contributed by atoms with Crippen LogP contribution in [-0.2, 0) is 0 Å². The van der Waals surface area contributed by atoms with Crippen molar-refractivity contribution in [2.24, 2.45) is 5.92 Å². The van der Waals surface area contributed by atoms with Crippen LogP contribution in [-0.4, -0.2) is 6.04 Å². The fraction of sp³-hybridized carbons (Fsp3) is 0.571. The number of benzene rings is 1. The van der Waals surface area contributed by atoms with Gasteiger partial charge in [-0.2, -0.15) is 0 Å². The molecule has 0 heterocycles. The summed E-state index contributed by atoms with van der Waals surface area (Å²) in [6, 6.07) is 7.12. The molecule has 0 fully saturated rings. The molecule has 0 bridgehead atoms. The Bertz CT molecular complexity index is 315. The molecule has 0 aliphatic carbocycles. The Morgan fingerprint density at radius 1 is 1.07 bits per heavy atom. The summed E-state index contributed by atoms with van der Waals surface area (Å²) < 4.78 is 0. The number of aryl methyl sites for hydroxylation is 2. The van der Waals surface area contributed by atoms with E-state index in [0.29, 0.717) is 6.04 Å². The molecule has 0 saturated heterocycles. The second kappa shape index (κ2) is 5.20. The molecule has 0 aliphatic rings. The third-order valence-electron chi connectivity index (χ3n) is 2.74. The fourth-order valence-corrected chi connectivity index (χ4v) is 1.88. The first-order valence-corrected chi connectivity index (χ1v) is 5.83. The molecule has 84 valence electrons. The molecule has 0 saturated carbocycles. The Kier molecular flexibility index (Phi) is 4.19. The zero-order chi connectivity index (χ0) is 11.4. The molecule has 1 rings (SSSR count). The van der Waals surface area contributed by atoms with Gasteiger partial charge in [-0.1, -0.05) is 19.9 Å². The van der Waals surface area contributed by atoms with Gasteiger partial charge in [-0.05, 0) is 56.4 Å². The summed E-state index contributed by atoms with van der Waals surface area (Å²) in [6.07, 6.45) is 1.22. The molecule has 0 aromatic heterocycles. The normalized spacial score (nSPS) is 12.9. The number of anilines is 1. The molecule has 1 heteroatoms. The first-order valence-electron chi connectivity index (χ1n) is 5.83. The van der Waals surface area contributed by atoms with Crippen LogP contribution < -0.4 is 5.32 Å². The van der Waals surface area contributed by atoms with Gasteiger partial charge >= 0.3 is 0 Å². The number of hydrogen-bond acceptors (Lipinski definition) is 1. The van der Waals surface area contributed by atoms with E-state index in [4.69, 9.17) is 0 Å². The highest BCUT2D eigenvalue weighted by Gasteiger charge is 2.05. The van der Waals surface area contributed by atoms with Crippen molar-refractivity contribution in [3.05, 3.63) is 29.3 Å². The minimum atomic E-state index is 0.548. The Balaban J connectivity index is 2.60. The van der Waals surface area contributed by atoms with Gasteiger partial charge in [0, 0.05) is 11.7 Å². The van der Waals surface area contributed by atoms with E-state index in [9.17, 15) is 0 Å². The van der Waals surface area contributed by atoms with E-state index < -0.39 is 0 Å². The molecular weight excluding hydrogens is 182 g/mol. The van der Waals surface area contributed by atoms with Crippen LogP contribution in [0.25, 0.3) is 0 Å². The summed E-state index contributed by atoms with van der Waals surface area (Å²) in [6.45, 7) is 11.1. The van der Waals surface area contributed by atoms with Crippen molar-refractivity contribution in [2.45, 2.75) is 47.1 Å². The second-order valence-electron chi connectivity index (χ2n) is 4.97. The standard InChI is InChI=1S/C14H23N/c1-10(2)8-13(5)15-14-7-6-11(3)12(4)9-14/h6-7,9-10,13,15H,8H2,1-5H3. The molecule has 0 spiro atoms. The summed E-state index contributed by atoms with van der Waals surface area (Å²) >= 11 is 0. The Hall–Kier alpha value is -0.980. The summed E-state index contributed by atoms with van der Waals surface area (Å²) in [5.74, 6) is 0.749. The van der Waals surface area contributed by atoms with Crippen molar-refractivity contribution in [1.82, 2.24) is 0 Å². The van der Waals surface area contributed by atoms with E-state index in [1.165, 1.54) is 23.2 Å². The van der Waals surface area contributed by atoms with Crippen LogP contribution in [0, 0.1) is 19.8 Å². The van der Waals surface area contributed by atoms with E-state index in [1.54, 1.807) is 0 Å². The van der Waals surface area contributed by atoms with E-state index in [-0.39, 0.29) is 0 Å². The van der Waals surface area contributed by atoms with Crippen LogP contribution in [0.4, 0.5) is 5.69 Å². The maximum Gasteiger partial charge on any atom is 0.0345 e. The zero-order valence-corrected chi connectivity index (χ0v) is 10.6. The quantitative estimate of drug-likeness (QED) is 0.778. The average Bonchev–Trinajstić information content (AvgIpc) is 2.10. The molecule has 0 radical (unpaired) electrons. The van der Waals surface area contributed by atoms with Crippen molar-refractivity contribution >= 4 is 5.69 Å². The first-order chi connectivity index (χ1) is 6.99. The molecule has 1 atom stereocenters. The van der Waals surface area contributed by atoms with Crippen molar-refractivity contribution in [3.63, 3.8) is 0 Å². The lowest BCUT2D eigenvalue weighted by Crippen LogP contribution is -2.17. The molecule has 1 aromatic carbocycles. The molecule has 0 aliphatic heterocycles. The SMILES string of the molecule is Cc1ccc(NC(C)CC(C)C)cc1C. The van der Waals surface area contributed by atoms with Crippen LogP contribution in [0.2, 0.25) is 0 Å². The van der Waals surface area contributed by atoms with Gasteiger partial charge in [0.05, 0.1) is 0 Å². The van der Waals surface area contributed by atoms with Gasteiger partial charge in [0.25, 0.3) is 0 Å². The van der Waals surface area contributed by atoms with Gasteiger partial charge in [-0.15, -0.1) is 0 Å². The Labute approximate surface area is 93.9 Å². The maximum absolute atomic E-state index is 3.54. The topological polar surface area (TPSA) is 12.0 Å². The van der Waals surface area contributed by atoms with Crippen LogP contribution in [0.5, 0.6) is 0 Å². The van der Waals surface area contributed by atoms with E-state index in [0.717, 1.165) is 5.92 Å². The molecular formula is C14H23N. The summed E-state index contributed by atoms with van der Waals surface area (Å²) in [5, 5.41) is 3.54. The van der Waals surface area contributed by atoms with Gasteiger partial charge < -0.3 is 5.32 Å². The summed E-state index contributed by atoms with van der Waals surface area (Å²) in [7, 11) is 0. The van der Waals surface area contributed by atoms with Gasteiger partial charge in [0.2, 0.25) is 0 Å². The number of hydrogen-bond donors (Lipinski definition) is 1. The van der Waals surface area contributed by atoms with Crippen molar-refractivity contribution in [2.75, 3.05) is 5.32 Å². The van der Waals surface area contributed by atoms with Crippen LogP contribution in [0.3, 0.4) is 0 Å². The lowest BCUT2D eigenvalue weighted by Gasteiger charge is -2.17. The predicted octanol–water partition coefficient (Wildman–Crippen LogP) is 4.15. The highest BCUT2D eigenvalue weighted by Crippen LogP contribution is 2.16. The Morgan fingerprint density at radius 3 is 2.27 bits per heavy atom. The molecule has 15 heavy (non-hydrogen) atoms. The highest BCUT2D eigenvalue weighted by atomic mass is 14.9. The molecule has 0 amide bonds. The lowest BCUT2D eigenvalue weighted by molar-refractivity contribution is 0.540. The van der Waals surface area contributed by atoms with E-state index in [1.807, 2.05) is 0 Å². The lowest BCUT2D eigenvalue weighted by atomic mass is 10.0. The average molecular weight is 205 g/mol. The molecule has 1 unspecified atom stereocenters. The van der Waals surface area contributed by atoms with Crippen molar-refractivity contribution < 1.29 is 0 Å². The van der Waals surface area contributed by atoms with Gasteiger partial charge in [-0.25, -0.2) is 0 Å². The molecule has 1 N–H and O–H groups in total. The Morgan fingerprint density at radius 2 is 1.73 bits per heavy atom. The minimum Gasteiger partial charge on any atom is -0.383 e. The minimum absolute atomic E-state index is 0.548. The van der Waals surface area contributed by atoms with Gasteiger partial charge in [-0.3, -0.25) is 0 Å². The first kappa shape index (κ1) is 12.1. The van der Waals surface area contributed by atoms with Gasteiger partial charge in [0.15, 0.2) is 0 Å². The highest BCUT2D eigenvalue weighted by molar-refractivity contribution is 5.48. The van der Waals surface area contributed by atoms with Crippen molar-refractivity contribution in [1.29, 1.82) is 0 Å². The smallest absolute Gasteiger partial charge is 0.0345 e. The van der Waals surface area contributed by atoms with E-state index >= 15 is 0 Å². The van der Waals surface area contributed by atoms with Gasteiger partial charge in [0.1, 0.15) is 0 Å². The van der Waals surface area contributed by atoms with Crippen LogP contribution in [0.15, 0.2) is 18.2 Å². The monoisotopic (exact) mass is 205 g/mol. The third kappa shape index (κ3) is 3.94. The van der Waals surface area contributed by atoms with E-state index in [2.05, 4.69) is 58.1 Å². The molecule has 1 nitrogen and oxygen atoms in total. The fourth-order valence-electron chi connectivity index (χ4n) is 1.88. The molecule has 1 aromatic rings. The predicted molar refractivity (Wildman–Crippen MR) is 68.5 cm³/mol. The third-order valence-corrected chi connectivity index (χ3v) is 2.74. The largest absolute Gasteiger partial charge is 0.383 e. The summed E-state index contributed by atoms with van der Waals surface area (Å²) in [5.41, 5.74) is 3.96. The number of nitrogens with one attached hydrogen (secondary N) is 1. The number of rotatable bonds is 4. The van der Waals surface area contributed by atoms with Crippen LogP contribution >= 0.6 is 0 Å².